The molecule has 0 bridgehead atoms. The molecule has 0 aliphatic heterocycles. The zero-order valence-corrected chi connectivity index (χ0v) is 9.66. The molecule has 0 aromatic carbocycles. The van der Waals surface area contributed by atoms with E-state index in [0.29, 0.717) is 0 Å². The van der Waals surface area contributed by atoms with Crippen LogP contribution >= 0.6 is 0 Å². The molecule has 0 spiro atoms. The van der Waals surface area contributed by atoms with Crippen molar-refractivity contribution in [2.45, 2.75) is 12.8 Å². The van der Waals surface area contributed by atoms with Gasteiger partial charge >= 0.3 is 0 Å². The summed E-state index contributed by atoms with van der Waals surface area (Å²) in [5.74, 6) is -0.208. The van der Waals surface area contributed by atoms with Crippen molar-refractivity contribution in [2.24, 2.45) is 5.73 Å². The lowest BCUT2D eigenvalue weighted by Crippen LogP contribution is -2.25. The number of hydrogen-bond acceptors (Lipinski definition) is 3. The van der Waals surface area contributed by atoms with Crippen molar-refractivity contribution in [1.29, 1.82) is 5.41 Å². The van der Waals surface area contributed by atoms with Crippen LogP contribution in [0.2, 0.25) is 0 Å². The number of rotatable bonds is 1. The Hall–Kier alpha value is -2.43. The average Bonchev–Trinajstić information content (AvgIpc) is 2.37. The fourth-order valence-corrected chi connectivity index (χ4v) is 2.36. The quantitative estimate of drug-likeness (QED) is 0.508. The fourth-order valence-electron chi connectivity index (χ4n) is 2.36. The first kappa shape index (κ1) is 10.7. The van der Waals surface area contributed by atoms with Gasteiger partial charge in [-0.1, -0.05) is 0 Å². The highest BCUT2D eigenvalue weighted by Gasteiger charge is 2.18. The van der Waals surface area contributed by atoms with Crippen LogP contribution in [-0.2, 0) is 12.8 Å². The molecule has 5 nitrogen and oxygen atoms in total. The molecule has 2 aromatic rings. The molecule has 1 aliphatic rings. The Kier molecular flexibility index (Phi) is 2.26. The van der Waals surface area contributed by atoms with Gasteiger partial charge in [0.1, 0.15) is 5.84 Å². The number of aromatic amines is 1. The Bertz CT molecular complexity index is 702. The molecule has 18 heavy (non-hydrogen) atoms. The standard InChI is InChI=1S/C13H12N4O/c14-12(15)10-5-9-8-3-4-16-6-7(8)1-2-11(9)17-13(10)18/h3-6H,1-2H2,(H3,14,15)(H,17,18). The minimum atomic E-state index is -0.293. The van der Waals surface area contributed by atoms with Crippen LogP contribution in [0, 0.1) is 5.41 Å². The molecular weight excluding hydrogens is 228 g/mol. The number of amidine groups is 1. The highest BCUT2D eigenvalue weighted by Crippen LogP contribution is 2.31. The molecule has 0 saturated carbocycles. The zero-order chi connectivity index (χ0) is 12.7. The van der Waals surface area contributed by atoms with Crippen molar-refractivity contribution in [3.8, 4) is 11.1 Å². The lowest BCUT2D eigenvalue weighted by Gasteiger charge is -2.19. The minimum Gasteiger partial charge on any atom is -0.384 e. The van der Waals surface area contributed by atoms with Gasteiger partial charge in [-0.25, -0.2) is 0 Å². The second-order valence-electron chi connectivity index (χ2n) is 4.35. The monoisotopic (exact) mass is 240 g/mol. The Morgan fingerprint density at radius 1 is 1.39 bits per heavy atom. The van der Waals surface area contributed by atoms with Crippen LogP contribution in [-0.4, -0.2) is 15.8 Å². The lowest BCUT2D eigenvalue weighted by molar-refractivity contribution is 0.879. The van der Waals surface area contributed by atoms with Gasteiger partial charge in [0.15, 0.2) is 0 Å². The molecule has 2 aromatic heterocycles. The van der Waals surface area contributed by atoms with E-state index in [-0.39, 0.29) is 17.0 Å². The van der Waals surface area contributed by atoms with Crippen LogP contribution in [0.1, 0.15) is 16.8 Å². The Labute approximate surface area is 103 Å². The summed E-state index contributed by atoms with van der Waals surface area (Å²) in [4.78, 5) is 18.7. The number of nitrogens with two attached hydrogens (primary N) is 1. The molecule has 0 saturated heterocycles. The molecule has 0 fully saturated rings. The average molecular weight is 240 g/mol. The van der Waals surface area contributed by atoms with E-state index in [1.165, 1.54) is 0 Å². The van der Waals surface area contributed by atoms with Crippen LogP contribution in [0.5, 0.6) is 0 Å². The second kappa shape index (κ2) is 3.80. The van der Waals surface area contributed by atoms with E-state index in [1.807, 2.05) is 12.3 Å². The molecule has 5 heteroatoms. The normalized spacial score (nSPS) is 12.7. The van der Waals surface area contributed by atoms with Crippen LogP contribution in [0.15, 0.2) is 29.3 Å². The van der Waals surface area contributed by atoms with Gasteiger partial charge in [0, 0.05) is 23.7 Å². The molecule has 0 amide bonds. The first-order valence-corrected chi connectivity index (χ1v) is 5.70. The molecule has 3 rings (SSSR count). The summed E-state index contributed by atoms with van der Waals surface area (Å²) < 4.78 is 0. The van der Waals surface area contributed by atoms with Crippen LogP contribution in [0.4, 0.5) is 0 Å². The number of fused-ring (bicyclic) bond motifs is 3. The van der Waals surface area contributed by atoms with Crippen molar-refractivity contribution >= 4 is 5.84 Å². The highest BCUT2D eigenvalue weighted by molar-refractivity contribution is 5.96. The second-order valence-corrected chi connectivity index (χ2v) is 4.35. The van der Waals surface area contributed by atoms with Crippen molar-refractivity contribution in [3.63, 3.8) is 0 Å². The van der Waals surface area contributed by atoms with Gasteiger partial charge in [0.2, 0.25) is 0 Å². The van der Waals surface area contributed by atoms with Crippen LogP contribution < -0.4 is 11.3 Å². The highest BCUT2D eigenvalue weighted by atomic mass is 16.1. The van der Waals surface area contributed by atoms with E-state index >= 15 is 0 Å². The van der Waals surface area contributed by atoms with E-state index in [9.17, 15) is 4.79 Å². The molecule has 1 aliphatic carbocycles. The van der Waals surface area contributed by atoms with Gasteiger partial charge in [-0.3, -0.25) is 15.2 Å². The van der Waals surface area contributed by atoms with Crippen molar-refractivity contribution < 1.29 is 0 Å². The maximum atomic E-state index is 11.8. The summed E-state index contributed by atoms with van der Waals surface area (Å²) >= 11 is 0. The molecule has 0 radical (unpaired) electrons. The third-order valence-corrected chi connectivity index (χ3v) is 3.25. The third-order valence-electron chi connectivity index (χ3n) is 3.25. The van der Waals surface area contributed by atoms with Crippen LogP contribution in [0.25, 0.3) is 11.1 Å². The minimum absolute atomic E-state index is 0.208. The number of nitrogen functional groups attached to an aromatic ring is 1. The summed E-state index contributed by atoms with van der Waals surface area (Å²) in [6.07, 6.45) is 5.22. The summed E-state index contributed by atoms with van der Waals surface area (Å²) in [5, 5.41) is 7.42. The van der Waals surface area contributed by atoms with Gasteiger partial charge < -0.3 is 10.7 Å². The molecule has 4 N–H and O–H groups in total. The predicted molar refractivity (Wildman–Crippen MR) is 68.7 cm³/mol. The lowest BCUT2D eigenvalue weighted by atomic mass is 9.89. The number of pyridine rings is 2. The maximum Gasteiger partial charge on any atom is 0.259 e. The van der Waals surface area contributed by atoms with Gasteiger partial charge in [-0.05, 0) is 36.1 Å². The fraction of sp³-hybridized carbons (Fsp3) is 0.154. The van der Waals surface area contributed by atoms with Crippen molar-refractivity contribution in [3.05, 3.63) is 51.7 Å². The van der Waals surface area contributed by atoms with Gasteiger partial charge in [-0.15, -0.1) is 0 Å². The smallest absolute Gasteiger partial charge is 0.259 e. The zero-order valence-electron chi connectivity index (χ0n) is 9.66. The van der Waals surface area contributed by atoms with Gasteiger partial charge in [0.25, 0.3) is 5.56 Å². The van der Waals surface area contributed by atoms with E-state index in [4.69, 9.17) is 11.1 Å². The number of aromatic nitrogens is 2. The number of H-pyrrole nitrogens is 1. The maximum absolute atomic E-state index is 11.8. The summed E-state index contributed by atoms with van der Waals surface area (Å²) in [6.45, 7) is 0. The topological polar surface area (TPSA) is 95.6 Å². The molecular formula is C13H12N4O. The molecule has 0 atom stereocenters. The number of nitrogens with zero attached hydrogens (tertiary/aromatic N) is 1. The first-order chi connectivity index (χ1) is 8.66. The number of aryl methyl sites for hydroxylation is 2. The van der Waals surface area contributed by atoms with Crippen LogP contribution in [0.3, 0.4) is 0 Å². The third kappa shape index (κ3) is 1.52. The number of hydrogen-bond donors (Lipinski definition) is 3. The summed E-state index contributed by atoms with van der Waals surface area (Å²) in [7, 11) is 0. The SMILES string of the molecule is N=C(N)c1cc2c([nH]c1=O)CCc1cnccc1-2. The first-order valence-electron chi connectivity index (χ1n) is 5.70. The van der Waals surface area contributed by atoms with E-state index in [0.717, 1.165) is 35.2 Å². The Morgan fingerprint density at radius 2 is 2.22 bits per heavy atom. The molecule has 90 valence electrons. The van der Waals surface area contributed by atoms with Crippen molar-refractivity contribution in [1.82, 2.24) is 9.97 Å². The van der Waals surface area contributed by atoms with Crippen molar-refractivity contribution in [2.75, 3.05) is 0 Å². The van der Waals surface area contributed by atoms with Gasteiger partial charge in [0.05, 0.1) is 5.56 Å². The summed E-state index contributed by atoms with van der Waals surface area (Å²) in [5.41, 5.74) is 9.42. The molecule has 2 heterocycles. The van der Waals surface area contributed by atoms with E-state index in [1.54, 1.807) is 12.3 Å². The van der Waals surface area contributed by atoms with E-state index < -0.39 is 0 Å². The predicted octanol–water partition coefficient (Wildman–Crippen LogP) is 0.820. The molecule has 0 unspecified atom stereocenters. The largest absolute Gasteiger partial charge is 0.384 e. The Balaban J connectivity index is 2.30. The Morgan fingerprint density at radius 3 is 3.00 bits per heavy atom. The van der Waals surface area contributed by atoms with Gasteiger partial charge in [-0.2, -0.15) is 0 Å². The van der Waals surface area contributed by atoms with E-state index in [2.05, 4.69) is 9.97 Å². The number of nitrogens with one attached hydrogen (secondary N) is 2. The summed E-state index contributed by atoms with van der Waals surface area (Å²) in [6, 6.07) is 3.63.